The number of rotatable bonds is 8. The fourth-order valence-corrected chi connectivity index (χ4v) is 3.07. The van der Waals surface area contributed by atoms with E-state index in [9.17, 15) is 4.79 Å². The maximum Gasteiger partial charge on any atom is 0.431 e. The minimum atomic E-state index is -0.328. The van der Waals surface area contributed by atoms with Gasteiger partial charge in [-0.2, -0.15) is 0 Å². The van der Waals surface area contributed by atoms with Crippen molar-refractivity contribution in [2.24, 2.45) is 0 Å². The van der Waals surface area contributed by atoms with Crippen molar-refractivity contribution >= 4 is 0 Å². The fourth-order valence-electron chi connectivity index (χ4n) is 3.07. The number of aromatic nitrogens is 2. The van der Waals surface area contributed by atoms with Crippen molar-refractivity contribution in [1.82, 2.24) is 15.1 Å². The summed E-state index contributed by atoms with van der Waals surface area (Å²) in [5.41, 5.74) is 2.33. The van der Waals surface area contributed by atoms with E-state index in [-0.39, 0.29) is 12.2 Å². The van der Waals surface area contributed by atoms with Crippen molar-refractivity contribution in [2.75, 3.05) is 52.5 Å². The maximum atomic E-state index is 12.1. The molecule has 2 heterocycles. The first-order chi connectivity index (χ1) is 12.7. The lowest BCUT2D eigenvalue weighted by Gasteiger charge is -2.33. The molecule has 8 nitrogen and oxygen atoms in total. The minimum absolute atomic E-state index is 0.0635. The zero-order valence-electron chi connectivity index (χ0n) is 15.2. The second kappa shape index (κ2) is 9.09. The summed E-state index contributed by atoms with van der Waals surface area (Å²) in [5.74, 6) is 0. The smallest absolute Gasteiger partial charge is 0.394 e. The van der Waals surface area contributed by atoms with Crippen molar-refractivity contribution < 1.29 is 19.0 Å². The van der Waals surface area contributed by atoms with Crippen LogP contribution >= 0.6 is 0 Å². The number of aryl methyl sites for hydroxylation is 1. The molecule has 0 unspecified atom stereocenters. The summed E-state index contributed by atoms with van der Waals surface area (Å²) in [6.45, 7) is 8.17. The lowest BCUT2D eigenvalue weighted by Crippen LogP contribution is -2.49. The van der Waals surface area contributed by atoms with Crippen LogP contribution in [0.4, 0.5) is 0 Å². The quantitative estimate of drug-likeness (QED) is 0.494. The summed E-state index contributed by atoms with van der Waals surface area (Å²) in [5, 5.41) is 11.4. The second-order valence-corrected chi connectivity index (χ2v) is 6.55. The van der Waals surface area contributed by atoms with Gasteiger partial charge in [-0.3, -0.25) is 14.3 Å². The molecule has 0 radical (unpaired) electrons. The molecule has 26 heavy (non-hydrogen) atoms. The lowest BCUT2D eigenvalue weighted by molar-refractivity contribution is -0.678. The van der Waals surface area contributed by atoms with Crippen LogP contribution in [0, 0.1) is 6.92 Å². The maximum absolute atomic E-state index is 12.1. The molecule has 1 saturated heterocycles. The number of H-pyrrole nitrogens is 1. The molecule has 0 bridgehead atoms. The highest BCUT2D eigenvalue weighted by Crippen LogP contribution is 2.07. The first kappa shape index (κ1) is 18.8. The Hall–Kier alpha value is -2.00. The van der Waals surface area contributed by atoms with E-state index in [0.29, 0.717) is 25.5 Å². The number of aliphatic hydroxyl groups is 1. The average molecular weight is 363 g/mol. The van der Waals surface area contributed by atoms with E-state index < -0.39 is 0 Å². The van der Waals surface area contributed by atoms with E-state index >= 15 is 0 Å². The molecule has 1 aliphatic rings. The van der Waals surface area contributed by atoms with Crippen molar-refractivity contribution in [3.8, 4) is 5.69 Å². The molecule has 0 atom stereocenters. The summed E-state index contributed by atoms with van der Waals surface area (Å²) >= 11 is 0. The van der Waals surface area contributed by atoms with Gasteiger partial charge in [0.15, 0.2) is 0 Å². The monoisotopic (exact) mass is 363 g/mol. The van der Waals surface area contributed by atoms with Gasteiger partial charge < -0.3 is 9.84 Å². The summed E-state index contributed by atoms with van der Waals surface area (Å²) < 4.78 is 12.1. The Balaban J connectivity index is 1.56. The van der Waals surface area contributed by atoms with Crippen molar-refractivity contribution in [2.45, 2.75) is 13.5 Å². The Bertz CT molecular complexity index is 732. The van der Waals surface area contributed by atoms with Gasteiger partial charge in [-0.05, 0) is 16.9 Å². The van der Waals surface area contributed by atoms with Crippen LogP contribution < -0.4 is 10.3 Å². The van der Waals surface area contributed by atoms with E-state index in [1.807, 2.05) is 31.2 Å². The Morgan fingerprint density at radius 3 is 2.54 bits per heavy atom. The van der Waals surface area contributed by atoms with Gasteiger partial charge in [0.2, 0.25) is 5.69 Å². The van der Waals surface area contributed by atoms with E-state index in [1.54, 1.807) is 4.68 Å². The first-order valence-electron chi connectivity index (χ1n) is 9.00. The third kappa shape index (κ3) is 4.79. The Labute approximate surface area is 152 Å². The van der Waals surface area contributed by atoms with Crippen LogP contribution in [0.1, 0.15) is 11.3 Å². The van der Waals surface area contributed by atoms with Crippen LogP contribution in [0.5, 0.6) is 0 Å². The molecule has 2 aromatic rings. The van der Waals surface area contributed by atoms with E-state index in [2.05, 4.69) is 15.1 Å². The number of piperazine rings is 1. The normalized spacial score (nSPS) is 16.2. The minimum Gasteiger partial charge on any atom is -0.394 e. The van der Waals surface area contributed by atoms with Gasteiger partial charge in [0.05, 0.1) is 26.4 Å². The number of aromatic amines is 1. The number of hydrogen-bond acceptors (Lipinski definition) is 6. The molecule has 1 aromatic carbocycles. The van der Waals surface area contributed by atoms with Gasteiger partial charge in [-0.1, -0.05) is 17.7 Å². The molecule has 0 amide bonds. The van der Waals surface area contributed by atoms with Crippen molar-refractivity contribution in [1.29, 1.82) is 0 Å². The molecule has 1 fully saturated rings. The second-order valence-electron chi connectivity index (χ2n) is 6.55. The van der Waals surface area contributed by atoms with Crippen LogP contribution in [0.2, 0.25) is 0 Å². The summed E-state index contributed by atoms with van der Waals surface area (Å²) in [6.07, 6.45) is 0. The highest BCUT2D eigenvalue weighted by Gasteiger charge is 2.27. The van der Waals surface area contributed by atoms with Gasteiger partial charge in [0.1, 0.15) is 0 Å². The largest absolute Gasteiger partial charge is 0.431 e. The highest BCUT2D eigenvalue weighted by molar-refractivity contribution is 5.26. The standard InChI is InChI=1S/C18H26N4O4/c1-15-2-4-16(5-3-15)22-17(18(24)26-19-22)14-21-8-6-20(7-9-21)10-12-25-13-11-23/h2-5,23H,6-14H2,1H3/p+1. The van der Waals surface area contributed by atoms with Crippen LogP contribution in [-0.4, -0.2) is 72.7 Å². The molecule has 1 aliphatic heterocycles. The molecule has 3 rings (SSSR count). The van der Waals surface area contributed by atoms with Crippen LogP contribution in [0.25, 0.3) is 5.69 Å². The van der Waals surface area contributed by atoms with E-state index in [4.69, 9.17) is 14.4 Å². The molecule has 0 saturated carbocycles. The molecular weight excluding hydrogens is 336 g/mol. The molecule has 0 aliphatic carbocycles. The third-order valence-electron chi connectivity index (χ3n) is 4.65. The molecule has 8 heteroatoms. The predicted octanol–water partition coefficient (Wildman–Crippen LogP) is -0.320. The lowest BCUT2D eigenvalue weighted by atomic mass is 10.2. The summed E-state index contributed by atoms with van der Waals surface area (Å²) in [4.78, 5) is 16.7. The number of nitrogens with zero attached hydrogens (tertiary/aromatic N) is 3. The van der Waals surface area contributed by atoms with E-state index in [0.717, 1.165) is 38.4 Å². The van der Waals surface area contributed by atoms with Gasteiger partial charge in [0, 0.05) is 44.9 Å². The van der Waals surface area contributed by atoms with Crippen LogP contribution in [0.3, 0.4) is 0 Å². The van der Waals surface area contributed by atoms with Gasteiger partial charge in [-0.15, -0.1) is 0 Å². The number of hydrogen-bond donors (Lipinski definition) is 2. The SMILES string of the molecule is Cc1ccc(-[n+]2[nH]oc(=O)c2CN2CCN(CCOCCO)CC2)cc1. The highest BCUT2D eigenvalue weighted by atomic mass is 16.5. The Morgan fingerprint density at radius 1 is 1.15 bits per heavy atom. The topological polar surface area (TPSA) is 85.8 Å². The number of aliphatic hydroxyl groups excluding tert-OH is 1. The molecule has 2 N–H and O–H groups in total. The average Bonchev–Trinajstić information content (AvgIpc) is 3.01. The zero-order valence-corrected chi connectivity index (χ0v) is 15.2. The Kier molecular flexibility index (Phi) is 6.56. The summed E-state index contributed by atoms with van der Waals surface area (Å²) in [7, 11) is 0. The van der Waals surface area contributed by atoms with Gasteiger partial charge in [0.25, 0.3) is 0 Å². The molecule has 142 valence electrons. The van der Waals surface area contributed by atoms with Crippen molar-refractivity contribution in [3.63, 3.8) is 0 Å². The summed E-state index contributed by atoms with van der Waals surface area (Å²) in [6, 6.07) is 7.95. The number of nitrogens with one attached hydrogen (secondary N) is 1. The third-order valence-corrected chi connectivity index (χ3v) is 4.65. The van der Waals surface area contributed by atoms with Crippen molar-refractivity contribution in [3.05, 3.63) is 45.9 Å². The number of ether oxygens (including phenoxy) is 1. The first-order valence-corrected chi connectivity index (χ1v) is 9.00. The van der Waals surface area contributed by atoms with Gasteiger partial charge >= 0.3 is 11.3 Å². The number of benzene rings is 1. The molecular formula is C18H27N4O4+. The zero-order chi connectivity index (χ0) is 18.4. The van der Waals surface area contributed by atoms with Gasteiger partial charge in [-0.25, -0.2) is 4.79 Å². The molecule has 0 spiro atoms. The Morgan fingerprint density at radius 2 is 1.85 bits per heavy atom. The molecule has 1 aromatic heterocycles. The van der Waals surface area contributed by atoms with Crippen LogP contribution in [-0.2, 0) is 11.3 Å². The predicted molar refractivity (Wildman–Crippen MR) is 95.2 cm³/mol. The van der Waals surface area contributed by atoms with Crippen LogP contribution in [0.15, 0.2) is 33.6 Å². The van der Waals surface area contributed by atoms with E-state index in [1.165, 1.54) is 5.56 Å². The fraction of sp³-hybridized carbons (Fsp3) is 0.556.